The van der Waals surface area contributed by atoms with Crippen LogP contribution in [0.3, 0.4) is 0 Å². The molecule has 1 rings (SSSR count). The topological polar surface area (TPSA) is 82.5 Å². The molecule has 1 heterocycles. The lowest BCUT2D eigenvalue weighted by atomic mass is 10.2. The van der Waals surface area contributed by atoms with E-state index in [0.29, 0.717) is 5.82 Å². The lowest BCUT2D eigenvalue weighted by molar-refractivity contribution is -0.141. The minimum Gasteiger partial charge on any atom is -0.481 e. The van der Waals surface area contributed by atoms with Gasteiger partial charge in [0.15, 0.2) is 0 Å². The van der Waals surface area contributed by atoms with E-state index in [1.165, 1.54) is 4.90 Å². The first-order valence-corrected chi connectivity index (χ1v) is 6.00. The van der Waals surface area contributed by atoms with Gasteiger partial charge in [-0.25, -0.2) is 9.78 Å². The van der Waals surface area contributed by atoms with Crippen LogP contribution in [0.15, 0.2) is 12.1 Å². The van der Waals surface area contributed by atoms with E-state index < -0.39 is 11.9 Å². The van der Waals surface area contributed by atoms with Gasteiger partial charge in [-0.2, -0.15) is 0 Å². The molecule has 0 fully saturated rings. The summed E-state index contributed by atoms with van der Waals surface area (Å²) in [5.41, 5.74) is 1.82. The predicted molar refractivity (Wildman–Crippen MR) is 72.2 cm³/mol. The predicted octanol–water partition coefficient (Wildman–Crippen LogP) is 1.88. The van der Waals surface area contributed by atoms with Crippen molar-refractivity contribution in [3.05, 3.63) is 23.4 Å². The van der Waals surface area contributed by atoms with Crippen LogP contribution in [0.5, 0.6) is 0 Å². The Morgan fingerprint density at radius 3 is 2.58 bits per heavy atom. The molecule has 1 unspecified atom stereocenters. The van der Waals surface area contributed by atoms with Crippen LogP contribution < -0.4 is 5.32 Å². The van der Waals surface area contributed by atoms with E-state index in [9.17, 15) is 9.59 Å². The summed E-state index contributed by atoms with van der Waals surface area (Å²) in [4.78, 5) is 28.1. The van der Waals surface area contributed by atoms with Crippen molar-refractivity contribution in [1.29, 1.82) is 0 Å². The van der Waals surface area contributed by atoms with Gasteiger partial charge in [-0.15, -0.1) is 0 Å². The summed E-state index contributed by atoms with van der Waals surface area (Å²) in [6.07, 6.45) is 0. The fourth-order valence-corrected chi connectivity index (χ4v) is 1.68. The highest BCUT2D eigenvalue weighted by atomic mass is 16.4. The van der Waals surface area contributed by atoms with Crippen LogP contribution in [0.2, 0.25) is 0 Å². The first-order valence-electron chi connectivity index (χ1n) is 6.00. The zero-order valence-corrected chi connectivity index (χ0v) is 11.6. The minimum absolute atomic E-state index is 0.145. The Morgan fingerprint density at radius 1 is 1.42 bits per heavy atom. The molecule has 1 aromatic heterocycles. The maximum atomic E-state index is 11.9. The molecule has 0 saturated carbocycles. The minimum atomic E-state index is -0.927. The third-order valence-electron chi connectivity index (χ3n) is 2.65. The zero-order valence-electron chi connectivity index (χ0n) is 11.6. The second kappa shape index (κ2) is 6.17. The highest BCUT2D eigenvalue weighted by Gasteiger charge is 2.17. The Balaban J connectivity index is 2.66. The van der Waals surface area contributed by atoms with Gasteiger partial charge in [0.1, 0.15) is 5.82 Å². The van der Waals surface area contributed by atoms with Crippen LogP contribution in [-0.4, -0.2) is 40.6 Å². The van der Waals surface area contributed by atoms with Crippen molar-refractivity contribution in [2.45, 2.75) is 20.8 Å². The standard InChI is InChI=1S/C13H19N3O3/c1-8-5-10(3)14-11(6-8)15-13(19)16(4)7-9(2)12(17)18/h5-6,9H,7H2,1-4H3,(H,17,18)(H,14,15,19). The number of urea groups is 1. The van der Waals surface area contributed by atoms with Crippen LogP contribution in [0.4, 0.5) is 10.6 Å². The third-order valence-corrected chi connectivity index (χ3v) is 2.65. The maximum Gasteiger partial charge on any atom is 0.322 e. The smallest absolute Gasteiger partial charge is 0.322 e. The largest absolute Gasteiger partial charge is 0.481 e. The van der Waals surface area contributed by atoms with Gasteiger partial charge >= 0.3 is 12.0 Å². The number of aliphatic carboxylic acids is 1. The van der Waals surface area contributed by atoms with Crippen LogP contribution in [-0.2, 0) is 4.79 Å². The molecule has 2 amide bonds. The molecule has 0 radical (unpaired) electrons. The fraction of sp³-hybridized carbons (Fsp3) is 0.462. The van der Waals surface area contributed by atoms with Gasteiger partial charge in [0.2, 0.25) is 0 Å². The molecule has 0 aliphatic carbocycles. The molecule has 0 spiro atoms. The van der Waals surface area contributed by atoms with E-state index in [4.69, 9.17) is 5.11 Å². The molecule has 1 atom stereocenters. The number of carboxylic acid groups (broad SMARTS) is 1. The lowest BCUT2D eigenvalue weighted by Crippen LogP contribution is -2.36. The molecular weight excluding hydrogens is 246 g/mol. The van der Waals surface area contributed by atoms with Gasteiger partial charge < -0.3 is 10.0 Å². The molecule has 1 aromatic rings. The number of nitrogens with one attached hydrogen (secondary N) is 1. The van der Waals surface area contributed by atoms with Gasteiger partial charge in [0.05, 0.1) is 5.92 Å². The Bertz CT molecular complexity index is 468. The normalized spacial score (nSPS) is 11.8. The number of carbonyl (C=O) groups excluding carboxylic acids is 1. The Hall–Kier alpha value is -2.11. The summed E-state index contributed by atoms with van der Waals surface area (Å²) < 4.78 is 0. The summed E-state index contributed by atoms with van der Waals surface area (Å²) in [5.74, 6) is -1.07. The molecule has 0 bridgehead atoms. The van der Waals surface area contributed by atoms with E-state index in [0.717, 1.165) is 11.3 Å². The number of hydrogen-bond acceptors (Lipinski definition) is 3. The van der Waals surface area contributed by atoms with Crippen LogP contribution in [0.1, 0.15) is 18.2 Å². The van der Waals surface area contributed by atoms with Crippen molar-refractivity contribution < 1.29 is 14.7 Å². The quantitative estimate of drug-likeness (QED) is 0.870. The number of rotatable bonds is 4. The van der Waals surface area contributed by atoms with Gasteiger partial charge in [-0.3, -0.25) is 10.1 Å². The molecule has 2 N–H and O–H groups in total. The zero-order chi connectivity index (χ0) is 14.6. The monoisotopic (exact) mass is 265 g/mol. The fourth-order valence-electron chi connectivity index (χ4n) is 1.68. The van der Waals surface area contributed by atoms with Crippen LogP contribution in [0, 0.1) is 19.8 Å². The highest BCUT2D eigenvalue weighted by Crippen LogP contribution is 2.10. The summed E-state index contributed by atoms with van der Waals surface area (Å²) in [6, 6.07) is 3.30. The molecule has 0 saturated heterocycles. The number of aromatic nitrogens is 1. The molecule has 19 heavy (non-hydrogen) atoms. The average Bonchev–Trinajstić information content (AvgIpc) is 2.26. The second-order valence-corrected chi connectivity index (χ2v) is 4.72. The number of pyridine rings is 1. The number of nitrogens with zero attached hydrogens (tertiary/aromatic N) is 2. The first-order chi connectivity index (χ1) is 8.79. The van der Waals surface area contributed by atoms with Gasteiger partial charge in [-0.05, 0) is 31.5 Å². The molecular formula is C13H19N3O3. The van der Waals surface area contributed by atoms with Crippen molar-refractivity contribution in [3.8, 4) is 0 Å². The van der Waals surface area contributed by atoms with Crippen molar-refractivity contribution in [1.82, 2.24) is 9.88 Å². The van der Waals surface area contributed by atoms with E-state index in [1.54, 1.807) is 20.0 Å². The number of carbonyl (C=O) groups is 2. The van der Waals surface area contributed by atoms with Gasteiger partial charge in [0, 0.05) is 19.3 Å². The molecule has 6 nitrogen and oxygen atoms in total. The van der Waals surface area contributed by atoms with Crippen molar-refractivity contribution >= 4 is 17.8 Å². The van der Waals surface area contributed by atoms with Crippen molar-refractivity contribution in [2.75, 3.05) is 18.9 Å². The number of hydrogen-bond donors (Lipinski definition) is 2. The van der Waals surface area contributed by atoms with Crippen LogP contribution >= 0.6 is 0 Å². The summed E-state index contributed by atoms with van der Waals surface area (Å²) in [5, 5.41) is 11.5. The van der Waals surface area contributed by atoms with Crippen molar-refractivity contribution in [2.24, 2.45) is 5.92 Å². The third kappa shape index (κ3) is 4.57. The molecule has 0 aromatic carbocycles. The van der Waals surface area contributed by atoms with Crippen LogP contribution in [0.25, 0.3) is 0 Å². The Morgan fingerprint density at radius 2 is 2.05 bits per heavy atom. The number of aryl methyl sites for hydroxylation is 2. The average molecular weight is 265 g/mol. The van der Waals surface area contributed by atoms with E-state index in [2.05, 4.69) is 10.3 Å². The summed E-state index contributed by atoms with van der Waals surface area (Å²) in [6.45, 7) is 5.46. The molecule has 6 heteroatoms. The van der Waals surface area contributed by atoms with E-state index in [1.807, 2.05) is 19.9 Å². The molecule has 0 aliphatic heterocycles. The van der Waals surface area contributed by atoms with Gasteiger partial charge in [-0.1, -0.05) is 6.92 Å². The highest BCUT2D eigenvalue weighted by molar-refractivity contribution is 5.88. The van der Waals surface area contributed by atoms with E-state index >= 15 is 0 Å². The number of amides is 2. The van der Waals surface area contributed by atoms with E-state index in [-0.39, 0.29) is 12.6 Å². The van der Waals surface area contributed by atoms with Gasteiger partial charge in [0.25, 0.3) is 0 Å². The maximum absolute atomic E-state index is 11.9. The number of anilines is 1. The molecule has 104 valence electrons. The SMILES string of the molecule is Cc1cc(C)nc(NC(=O)N(C)CC(C)C(=O)O)c1. The summed E-state index contributed by atoms with van der Waals surface area (Å²) in [7, 11) is 1.55. The second-order valence-electron chi connectivity index (χ2n) is 4.72. The summed E-state index contributed by atoms with van der Waals surface area (Å²) >= 11 is 0. The Kier molecular flexibility index (Phi) is 4.86. The number of carboxylic acids is 1. The van der Waals surface area contributed by atoms with Crippen molar-refractivity contribution in [3.63, 3.8) is 0 Å². The molecule has 0 aliphatic rings. The first kappa shape index (κ1) is 14.9. The Labute approximate surface area is 112 Å². The lowest BCUT2D eigenvalue weighted by Gasteiger charge is -2.19.